The van der Waals surface area contributed by atoms with Gasteiger partial charge in [0, 0.05) is 53.3 Å². The number of hydrogen-bond donors (Lipinski definition) is 2. The number of hydrogen-bond acceptors (Lipinski definition) is 3. The number of carbonyl (C=O) groups is 2. The average molecular weight is 532 g/mol. The molecule has 1 aliphatic heterocycles. The molecule has 37 heavy (non-hydrogen) atoms. The van der Waals surface area contributed by atoms with Crippen molar-refractivity contribution < 1.29 is 27.2 Å². The maximum Gasteiger partial charge on any atom is 0.252 e. The van der Waals surface area contributed by atoms with Gasteiger partial charge in [0.1, 0.15) is 23.7 Å². The molecule has 0 spiro atoms. The van der Waals surface area contributed by atoms with Crippen LogP contribution in [0.4, 0.5) is 28.9 Å². The van der Waals surface area contributed by atoms with Crippen LogP contribution in [0.2, 0.25) is 5.02 Å². The van der Waals surface area contributed by atoms with E-state index in [0.29, 0.717) is 17.3 Å². The van der Waals surface area contributed by atoms with E-state index in [4.69, 9.17) is 11.6 Å². The van der Waals surface area contributed by atoms with Crippen LogP contribution in [0.5, 0.6) is 0 Å². The van der Waals surface area contributed by atoms with Gasteiger partial charge in [-0.2, -0.15) is 0 Å². The zero-order valence-electron chi connectivity index (χ0n) is 19.4. The van der Waals surface area contributed by atoms with Crippen molar-refractivity contribution in [1.82, 2.24) is 5.32 Å². The lowest BCUT2D eigenvalue weighted by atomic mass is 9.87. The minimum Gasteiger partial charge on any atom is -0.351 e. The Morgan fingerprint density at radius 2 is 1.62 bits per heavy atom. The number of halogens is 5. The van der Waals surface area contributed by atoms with Crippen LogP contribution in [-0.4, -0.2) is 29.8 Å². The quantitative estimate of drug-likeness (QED) is 0.405. The fraction of sp³-hybridized carbons (Fsp3) is 0.259. The SMILES string of the molecule is O=C(Nc1cc(F)cc(F)c1)C1Cc2ccccc2N1[C@@H](C(=O)NC1CC(F)(F)C1)c1ccccc1Cl. The Balaban J connectivity index is 1.53. The van der Waals surface area contributed by atoms with Crippen molar-refractivity contribution in [3.63, 3.8) is 0 Å². The summed E-state index contributed by atoms with van der Waals surface area (Å²) in [5.41, 5.74) is 1.67. The van der Waals surface area contributed by atoms with Gasteiger partial charge in [-0.15, -0.1) is 0 Å². The number of nitrogens with one attached hydrogen (secondary N) is 2. The molecule has 2 atom stereocenters. The van der Waals surface area contributed by atoms with Gasteiger partial charge in [-0.25, -0.2) is 17.6 Å². The molecule has 10 heteroatoms. The monoisotopic (exact) mass is 531 g/mol. The highest BCUT2D eigenvalue weighted by atomic mass is 35.5. The summed E-state index contributed by atoms with van der Waals surface area (Å²) in [6.45, 7) is 0. The van der Waals surface area contributed by atoms with Crippen molar-refractivity contribution in [2.75, 3.05) is 10.2 Å². The van der Waals surface area contributed by atoms with Crippen molar-refractivity contribution in [1.29, 1.82) is 0 Å². The van der Waals surface area contributed by atoms with E-state index in [-0.39, 0.29) is 17.1 Å². The molecule has 2 amide bonds. The second-order valence-corrected chi connectivity index (χ2v) is 9.70. The molecule has 1 unspecified atom stereocenters. The third-order valence-corrected chi connectivity index (χ3v) is 6.96. The first-order chi connectivity index (χ1) is 17.6. The standard InChI is InChI=1S/C27H22ClF4N3O2/c28-21-7-3-2-6-20(21)24(26(37)34-19-13-27(31,32)14-19)35-22-8-4-1-5-15(22)9-23(35)25(36)33-18-11-16(29)10-17(30)12-18/h1-8,10-12,19,23-24H,9,13-14H2,(H,33,36)(H,34,37)/t23?,24-/m1/s1. The van der Waals surface area contributed by atoms with Crippen LogP contribution in [0.25, 0.3) is 0 Å². The number of carbonyl (C=O) groups excluding carboxylic acids is 2. The van der Waals surface area contributed by atoms with Gasteiger partial charge in [0.05, 0.1) is 0 Å². The molecule has 5 nitrogen and oxygen atoms in total. The zero-order chi connectivity index (χ0) is 26.3. The molecule has 1 fully saturated rings. The molecule has 3 aromatic rings. The second kappa shape index (κ2) is 9.70. The lowest BCUT2D eigenvalue weighted by Crippen LogP contribution is -2.55. The second-order valence-electron chi connectivity index (χ2n) is 9.30. The largest absolute Gasteiger partial charge is 0.351 e. The summed E-state index contributed by atoms with van der Waals surface area (Å²) >= 11 is 6.48. The van der Waals surface area contributed by atoms with E-state index >= 15 is 0 Å². The maximum absolute atomic E-state index is 13.7. The highest BCUT2D eigenvalue weighted by Gasteiger charge is 2.48. The van der Waals surface area contributed by atoms with Crippen LogP contribution in [0.1, 0.15) is 30.0 Å². The van der Waals surface area contributed by atoms with Gasteiger partial charge in [0.15, 0.2) is 0 Å². The Labute approximate surface area is 215 Å². The van der Waals surface area contributed by atoms with E-state index in [1.165, 1.54) is 0 Å². The van der Waals surface area contributed by atoms with Gasteiger partial charge in [0.2, 0.25) is 11.8 Å². The van der Waals surface area contributed by atoms with Crippen LogP contribution < -0.4 is 15.5 Å². The predicted molar refractivity (Wildman–Crippen MR) is 132 cm³/mol. The highest BCUT2D eigenvalue weighted by Crippen LogP contribution is 2.42. The number of benzene rings is 3. The Bertz CT molecular complexity index is 1340. The predicted octanol–water partition coefficient (Wildman–Crippen LogP) is 5.64. The molecule has 2 N–H and O–H groups in total. The molecule has 1 aliphatic carbocycles. The first kappa shape index (κ1) is 25.1. The van der Waals surface area contributed by atoms with E-state index in [2.05, 4.69) is 10.6 Å². The van der Waals surface area contributed by atoms with Crippen LogP contribution >= 0.6 is 11.6 Å². The lowest BCUT2D eigenvalue weighted by molar-refractivity contribution is -0.130. The molecule has 192 valence electrons. The Morgan fingerprint density at radius 3 is 2.30 bits per heavy atom. The number of fused-ring (bicyclic) bond motifs is 1. The van der Waals surface area contributed by atoms with E-state index in [1.807, 2.05) is 6.07 Å². The molecular weight excluding hydrogens is 510 g/mol. The molecular formula is C27H22ClF4N3O2. The number of rotatable bonds is 6. The maximum atomic E-state index is 13.7. The fourth-order valence-corrected chi connectivity index (χ4v) is 5.20. The van der Waals surface area contributed by atoms with E-state index in [9.17, 15) is 27.2 Å². The zero-order valence-corrected chi connectivity index (χ0v) is 20.1. The first-order valence-corrected chi connectivity index (χ1v) is 12.0. The third kappa shape index (κ3) is 5.13. The molecule has 0 bridgehead atoms. The molecule has 1 heterocycles. The van der Waals surface area contributed by atoms with Crippen LogP contribution in [0.3, 0.4) is 0 Å². The summed E-state index contributed by atoms with van der Waals surface area (Å²) in [5, 5.41) is 5.48. The molecule has 1 saturated carbocycles. The Hall–Kier alpha value is -3.59. The van der Waals surface area contributed by atoms with Gasteiger partial charge in [-0.3, -0.25) is 9.59 Å². The number of amides is 2. The molecule has 0 saturated heterocycles. The summed E-state index contributed by atoms with van der Waals surface area (Å²) in [6, 6.07) is 13.6. The number of para-hydroxylation sites is 1. The van der Waals surface area contributed by atoms with Crippen molar-refractivity contribution in [3.8, 4) is 0 Å². The summed E-state index contributed by atoms with van der Waals surface area (Å²) in [6.07, 6.45) is -0.741. The van der Waals surface area contributed by atoms with Gasteiger partial charge in [-0.1, -0.05) is 48.0 Å². The van der Waals surface area contributed by atoms with E-state index in [0.717, 1.165) is 17.7 Å². The van der Waals surface area contributed by atoms with Gasteiger partial charge in [-0.05, 0) is 29.8 Å². The molecule has 5 rings (SSSR count). The Kier molecular flexibility index (Phi) is 6.58. The van der Waals surface area contributed by atoms with Gasteiger partial charge in [0.25, 0.3) is 5.92 Å². The summed E-state index contributed by atoms with van der Waals surface area (Å²) < 4.78 is 54.4. The smallest absolute Gasteiger partial charge is 0.252 e. The fourth-order valence-electron chi connectivity index (χ4n) is 4.96. The average Bonchev–Trinajstić information content (AvgIpc) is 3.18. The van der Waals surface area contributed by atoms with Gasteiger partial charge < -0.3 is 15.5 Å². The van der Waals surface area contributed by atoms with E-state index in [1.54, 1.807) is 47.4 Å². The minimum atomic E-state index is -2.83. The van der Waals surface area contributed by atoms with Crippen molar-refractivity contribution in [3.05, 3.63) is 94.5 Å². The van der Waals surface area contributed by atoms with Crippen LogP contribution in [-0.2, 0) is 16.0 Å². The van der Waals surface area contributed by atoms with Gasteiger partial charge >= 0.3 is 0 Å². The number of anilines is 2. The van der Waals surface area contributed by atoms with Crippen LogP contribution in [0.15, 0.2) is 66.7 Å². The molecule has 2 aliphatic rings. The Morgan fingerprint density at radius 1 is 0.973 bits per heavy atom. The minimum absolute atomic E-state index is 0.0751. The molecule has 0 aromatic heterocycles. The van der Waals surface area contributed by atoms with Crippen molar-refractivity contribution in [2.45, 2.75) is 43.3 Å². The topological polar surface area (TPSA) is 61.4 Å². The molecule has 3 aromatic carbocycles. The van der Waals surface area contributed by atoms with Crippen LogP contribution in [0, 0.1) is 11.6 Å². The number of alkyl halides is 2. The summed E-state index contributed by atoms with van der Waals surface area (Å²) in [7, 11) is 0. The molecule has 0 radical (unpaired) electrons. The van der Waals surface area contributed by atoms with Crippen molar-refractivity contribution in [2.24, 2.45) is 0 Å². The lowest BCUT2D eigenvalue weighted by Gasteiger charge is -2.39. The number of nitrogens with zero attached hydrogens (tertiary/aromatic N) is 1. The van der Waals surface area contributed by atoms with Crippen molar-refractivity contribution >= 4 is 34.8 Å². The summed E-state index contributed by atoms with van der Waals surface area (Å²) in [4.78, 5) is 28.7. The summed E-state index contributed by atoms with van der Waals surface area (Å²) in [5.74, 6) is -5.72. The van der Waals surface area contributed by atoms with E-state index < -0.39 is 60.3 Å². The highest BCUT2D eigenvalue weighted by molar-refractivity contribution is 6.31. The third-order valence-electron chi connectivity index (χ3n) is 6.61. The normalized spacial score (nSPS) is 19.1. The first-order valence-electron chi connectivity index (χ1n) is 11.7.